The van der Waals surface area contributed by atoms with Crippen LogP contribution < -0.4 is 9.47 Å². The van der Waals surface area contributed by atoms with Crippen molar-refractivity contribution in [3.63, 3.8) is 0 Å². The normalized spacial score (nSPS) is 23.1. The van der Waals surface area contributed by atoms with Gasteiger partial charge >= 0.3 is 0 Å². The second-order valence-corrected chi connectivity index (χ2v) is 10.7. The summed E-state index contributed by atoms with van der Waals surface area (Å²) in [5.41, 5.74) is 5.71. The van der Waals surface area contributed by atoms with Crippen molar-refractivity contribution in [2.45, 2.75) is 90.4 Å². The Morgan fingerprint density at radius 3 is 1.73 bits per heavy atom. The Kier molecular flexibility index (Phi) is 6.32. The van der Waals surface area contributed by atoms with Crippen molar-refractivity contribution in [2.75, 3.05) is 14.2 Å². The Morgan fingerprint density at radius 1 is 0.800 bits per heavy atom. The van der Waals surface area contributed by atoms with E-state index < -0.39 is 0 Å². The van der Waals surface area contributed by atoms with Gasteiger partial charge in [0, 0.05) is 0 Å². The van der Waals surface area contributed by atoms with Gasteiger partial charge < -0.3 is 9.47 Å². The molecule has 2 heteroatoms. The van der Waals surface area contributed by atoms with Crippen LogP contribution in [0.1, 0.15) is 107 Å². The second kappa shape index (κ2) is 8.81. The fourth-order valence-electron chi connectivity index (χ4n) is 6.18. The molecule has 0 unspecified atom stereocenters. The van der Waals surface area contributed by atoms with Gasteiger partial charge in [0.1, 0.15) is 11.5 Å². The molecule has 4 rings (SSSR count). The summed E-state index contributed by atoms with van der Waals surface area (Å²) < 4.78 is 12.4. The molecule has 1 atom stereocenters. The Bertz CT molecular complexity index is 770. The molecule has 2 saturated carbocycles. The van der Waals surface area contributed by atoms with Crippen molar-refractivity contribution in [1.29, 1.82) is 0 Å². The summed E-state index contributed by atoms with van der Waals surface area (Å²) in [5.74, 6) is 3.86. The maximum atomic E-state index is 6.22. The summed E-state index contributed by atoms with van der Waals surface area (Å²) in [7, 11) is 3.72. The molecule has 0 radical (unpaired) electrons. The van der Waals surface area contributed by atoms with Crippen LogP contribution in [0.3, 0.4) is 0 Å². The summed E-state index contributed by atoms with van der Waals surface area (Å²) in [6.07, 6.45) is 18.4. The average molecular weight is 409 g/mol. The molecule has 1 aromatic rings. The monoisotopic (exact) mass is 408 g/mol. The number of allylic oxidation sites excluding steroid dienone is 4. The van der Waals surface area contributed by atoms with Crippen LogP contribution in [0, 0.1) is 11.3 Å². The van der Waals surface area contributed by atoms with Crippen LogP contribution in [0.5, 0.6) is 11.5 Å². The molecule has 1 aromatic carbocycles. The lowest BCUT2D eigenvalue weighted by Gasteiger charge is -2.36. The molecule has 0 aliphatic heterocycles. The average Bonchev–Trinajstić information content (AvgIpc) is 3.45. The first kappa shape index (κ1) is 21.5. The van der Waals surface area contributed by atoms with E-state index in [1.54, 1.807) is 0 Å². The Labute approximate surface area is 183 Å². The van der Waals surface area contributed by atoms with E-state index in [0.717, 1.165) is 17.9 Å². The van der Waals surface area contributed by atoms with Gasteiger partial charge in [-0.15, -0.1) is 0 Å². The number of rotatable bonds is 5. The van der Waals surface area contributed by atoms with Gasteiger partial charge in [-0.25, -0.2) is 0 Å². The van der Waals surface area contributed by atoms with Crippen molar-refractivity contribution < 1.29 is 9.47 Å². The highest BCUT2D eigenvalue weighted by molar-refractivity contribution is 5.82. The first-order valence-corrected chi connectivity index (χ1v) is 12.1. The predicted molar refractivity (Wildman–Crippen MR) is 127 cm³/mol. The molecular formula is C28H40O2. The molecule has 0 spiro atoms. The molecule has 3 aliphatic rings. The molecular weight excluding hydrogens is 368 g/mol. The van der Waals surface area contributed by atoms with Gasteiger partial charge in [0.25, 0.3) is 0 Å². The van der Waals surface area contributed by atoms with Crippen molar-refractivity contribution >= 4 is 5.57 Å². The predicted octanol–water partition coefficient (Wildman–Crippen LogP) is 8.02. The quantitative estimate of drug-likeness (QED) is 0.491. The minimum Gasteiger partial charge on any atom is -0.496 e. The Balaban J connectivity index is 1.96. The zero-order chi connectivity index (χ0) is 21.3. The SMILES string of the molecule is COc1c(C2CCCC2)cc(C2CCCC2)c(OC)c1C1=CC=CC[C@@H]1C(C)(C)C. The highest BCUT2D eigenvalue weighted by Gasteiger charge is 2.36. The van der Waals surface area contributed by atoms with E-state index in [0.29, 0.717) is 17.8 Å². The maximum Gasteiger partial charge on any atom is 0.133 e. The van der Waals surface area contributed by atoms with Crippen LogP contribution in [0.4, 0.5) is 0 Å². The highest BCUT2D eigenvalue weighted by atomic mass is 16.5. The zero-order valence-corrected chi connectivity index (χ0v) is 19.7. The van der Waals surface area contributed by atoms with E-state index in [9.17, 15) is 0 Å². The lowest BCUT2D eigenvalue weighted by molar-refractivity contribution is 0.301. The van der Waals surface area contributed by atoms with Gasteiger partial charge in [0.2, 0.25) is 0 Å². The summed E-state index contributed by atoms with van der Waals surface area (Å²) in [4.78, 5) is 0. The third kappa shape index (κ3) is 3.95. The van der Waals surface area contributed by atoms with Crippen LogP contribution in [0.2, 0.25) is 0 Å². The van der Waals surface area contributed by atoms with Gasteiger partial charge in [-0.05, 0) is 78.0 Å². The third-order valence-electron chi connectivity index (χ3n) is 7.78. The van der Waals surface area contributed by atoms with Crippen molar-refractivity contribution in [1.82, 2.24) is 0 Å². The minimum absolute atomic E-state index is 0.184. The summed E-state index contributed by atoms with van der Waals surface area (Å²) >= 11 is 0. The molecule has 0 N–H and O–H groups in total. The Hall–Kier alpha value is -1.70. The minimum atomic E-state index is 0.184. The van der Waals surface area contributed by atoms with Gasteiger partial charge in [-0.3, -0.25) is 0 Å². The Morgan fingerprint density at radius 2 is 1.30 bits per heavy atom. The second-order valence-electron chi connectivity index (χ2n) is 10.7. The van der Waals surface area contributed by atoms with E-state index in [4.69, 9.17) is 9.47 Å². The van der Waals surface area contributed by atoms with Gasteiger partial charge in [-0.1, -0.05) is 64.7 Å². The third-order valence-corrected chi connectivity index (χ3v) is 7.78. The van der Waals surface area contributed by atoms with Gasteiger partial charge in [0.05, 0.1) is 19.8 Å². The molecule has 0 bridgehead atoms. The molecule has 0 amide bonds. The molecule has 2 nitrogen and oxygen atoms in total. The number of benzene rings is 1. The lowest BCUT2D eigenvalue weighted by Crippen LogP contribution is -2.23. The van der Waals surface area contributed by atoms with Crippen LogP contribution >= 0.6 is 0 Å². The van der Waals surface area contributed by atoms with Gasteiger partial charge in [-0.2, -0.15) is 0 Å². The van der Waals surface area contributed by atoms with E-state index in [-0.39, 0.29) is 5.41 Å². The molecule has 164 valence electrons. The van der Waals surface area contributed by atoms with Crippen LogP contribution in [-0.4, -0.2) is 14.2 Å². The largest absolute Gasteiger partial charge is 0.496 e. The fourth-order valence-corrected chi connectivity index (χ4v) is 6.18. The van der Waals surface area contributed by atoms with E-state index in [2.05, 4.69) is 45.1 Å². The molecule has 0 saturated heterocycles. The summed E-state index contributed by atoms with van der Waals surface area (Å²) in [5, 5.41) is 0. The number of methoxy groups -OCH3 is 2. The van der Waals surface area contributed by atoms with Crippen LogP contribution in [-0.2, 0) is 0 Å². The van der Waals surface area contributed by atoms with Crippen LogP contribution in [0.25, 0.3) is 5.57 Å². The van der Waals surface area contributed by atoms with Gasteiger partial charge in [0.15, 0.2) is 0 Å². The van der Waals surface area contributed by atoms with Crippen molar-refractivity contribution in [3.8, 4) is 11.5 Å². The van der Waals surface area contributed by atoms with E-state index >= 15 is 0 Å². The standard InChI is InChI=1S/C28H40O2/c1-28(2,3)24-17-11-10-16-21(24)25-26(29-4)22(19-12-6-7-13-19)18-23(27(25)30-5)20-14-8-9-15-20/h10-11,16,18-20,24H,6-9,12-15,17H2,1-5H3/t24-/m0/s1. The summed E-state index contributed by atoms with van der Waals surface area (Å²) in [6, 6.07) is 2.48. The first-order valence-electron chi connectivity index (χ1n) is 12.1. The van der Waals surface area contributed by atoms with E-state index in [1.165, 1.54) is 73.6 Å². The smallest absolute Gasteiger partial charge is 0.133 e. The topological polar surface area (TPSA) is 18.5 Å². The highest BCUT2D eigenvalue weighted by Crippen LogP contribution is 2.54. The molecule has 0 heterocycles. The zero-order valence-electron chi connectivity index (χ0n) is 19.7. The first-order chi connectivity index (χ1) is 14.5. The number of hydrogen-bond donors (Lipinski definition) is 0. The number of hydrogen-bond acceptors (Lipinski definition) is 2. The molecule has 0 aromatic heterocycles. The number of ether oxygens (including phenoxy) is 2. The van der Waals surface area contributed by atoms with E-state index in [1.807, 2.05) is 14.2 Å². The van der Waals surface area contributed by atoms with Crippen LogP contribution in [0.15, 0.2) is 24.3 Å². The molecule has 30 heavy (non-hydrogen) atoms. The summed E-state index contributed by atoms with van der Waals surface area (Å²) in [6.45, 7) is 7.09. The van der Waals surface area contributed by atoms with Crippen molar-refractivity contribution in [3.05, 3.63) is 41.0 Å². The maximum absolute atomic E-state index is 6.22. The van der Waals surface area contributed by atoms with Crippen molar-refractivity contribution in [2.24, 2.45) is 11.3 Å². The molecule has 3 aliphatic carbocycles. The fraction of sp³-hybridized carbons (Fsp3) is 0.643. The lowest BCUT2D eigenvalue weighted by atomic mass is 9.69. The molecule has 2 fully saturated rings.